The standard InChI is InChI=1S/C16H23NO2/c17-12-16(8-4-9-16)14-6-1-2-7-15(14)19-13-5-3-10-18-11-13/h1-2,6-7,13H,3-5,8-12,17H2. The van der Waals surface area contributed by atoms with Crippen LogP contribution >= 0.6 is 0 Å². The quantitative estimate of drug-likeness (QED) is 0.906. The Labute approximate surface area is 115 Å². The molecule has 1 atom stereocenters. The van der Waals surface area contributed by atoms with Gasteiger partial charge in [0.05, 0.1) is 6.61 Å². The van der Waals surface area contributed by atoms with E-state index in [0.717, 1.165) is 25.2 Å². The average molecular weight is 261 g/mol. The summed E-state index contributed by atoms with van der Waals surface area (Å²) in [6, 6.07) is 8.41. The highest BCUT2D eigenvalue weighted by Crippen LogP contribution is 2.46. The van der Waals surface area contributed by atoms with E-state index >= 15 is 0 Å². The minimum absolute atomic E-state index is 0.159. The third-order valence-electron chi connectivity index (χ3n) is 4.57. The molecule has 0 aromatic heterocycles. The van der Waals surface area contributed by atoms with Gasteiger partial charge in [0.1, 0.15) is 11.9 Å². The van der Waals surface area contributed by atoms with Crippen molar-refractivity contribution in [1.82, 2.24) is 0 Å². The number of rotatable bonds is 4. The van der Waals surface area contributed by atoms with Gasteiger partial charge in [0.2, 0.25) is 0 Å². The van der Waals surface area contributed by atoms with Crippen LogP contribution in [-0.4, -0.2) is 25.9 Å². The molecule has 0 spiro atoms. The number of nitrogens with two attached hydrogens (primary N) is 1. The maximum atomic E-state index is 6.19. The monoisotopic (exact) mass is 261 g/mol. The van der Waals surface area contributed by atoms with Crippen molar-refractivity contribution in [3.63, 3.8) is 0 Å². The average Bonchev–Trinajstić information content (AvgIpc) is 2.41. The molecule has 1 aromatic carbocycles. The van der Waals surface area contributed by atoms with Gasteiger partial charge in [-0.2, -0.15) is 0 Å². The first-order chi connectivity index (χ1) is 9.34. The second-order valence-electron chi connectivity index (χ2n) is 5.79. The predicted molar refractivity (Wildman–Crippen MR) is 75.5 cm³/mol. The molecule has 1 heterocycles. The van der Waals surface area contributed by atoms with E-state index in [0.29, 0.717) is 13.2 Å². The van der Waals surface area contributed by atoms with E-state index in [-0.39, 0.29) is 11.5 Å². The molecule has 104 valence electrons. The van der Waals surface area contributed by atoms with E-state index in [1.165, 1.54) is 24.8 Å². The van der Waals surface area contributed by atoms with Crippen molar-refractivity contribution in [1.29, 1.82) is 0 Å². The van der Waals surface area contributed by atoms with Crippen molar-refractivity contribution in [2.45, 2.75) is 43.6 Å². The van der Waals surface area contributed by atoms with Gasteiger partial charge in [-0.3, -0.25) is 0 Å². The van der Waals surface area contributed by atoms with E-state index in [2.05, 4.69) is 18.2 Å². The molecule has 3 heteroatoms. The molecule has 1 aliphatic heterocycles. The molecule has 1 unspecified atom stereocenters. The predicted octanol–water partition coefficient (Wildman–Crippen LogP) is 2.62. The van der Waals surface area contributed by atoms with Gasteiger partial charge in [0.15, 0.2) is 0 Å². The summed E-state index contributed by atoms with van der Waals surface area (Å²) < 4.78 is 11.7. The fraction of sp³-hybridized carbons (Fsp3) is 0.625. The second kappa shape index (κ2) is 5.51. The highest BCUT2D eigenvalue weighted by Gasteiger charge is 2.39. The summed E-state index contributed by atoms with van der Waals surface area (Å²) in [5, 5.41) is 0. The lowest BCUT2D eigenvalue weighted by molar-refractivity contribution is 0.00614. The van der Waals surface area contributed by atoms with E-state index in [1.54, 1.807) is 0 Å². The fourth-order valence-corrected chi connectivity index (χ4v) is 3.18. The molecule has 2 N–H and O–H groups in total. The zero-order chi connectivity index (χ0) is 13.1. The molecule has 3 rings (SSSR count). The summed E-state index contributed by atoms with van der Waals surface area (Å²) >= 11 is 0. The zero-order valence-electron chi connectivity index (χ0n) is 11.4. The van der Waals surface area contributed by atoms with Crippen molar-refractivity contribution in [3.05, 3.63) is 29.8 Å². The summed E-state index contributed by atoms with van der Waals surface area (Å²) in [5.74, 6) is 1.02. The van der Waals surface area contributed by atoms with Crippen LogP contribution in [0.4, 0.5) is 0 Å². The molecule has 2 aliphatic rings. The fourth-order valence-electron chi connectivity index (χ4n) is 3.18. The van der Waals surface area contributed by atoms with Crippen LogP contribution in [0.25, 0.3) is 0 Å². The van der Waals surface area contributed by atoms with Crippen LogP contribution in [-0.2, 0) is 10.2 Å². The molecular formula is C16H23NO2. The lowest BCUT2D eigenvalue weighted by Gasteiger charge is -2.42. The van der Waals surface area contributed by atoms with Crippen LogP contribution in [0.1, 0.15) is 37.7 Å². The minimum atomic E-state index is 0.159. The van der Waals surface area contributed by atoms with Crippen LogP contribution in [0.2, 0.25) is 0 Å². The van der Waals surface area contributed by atoms with Crippen molar-refractivity contribution in [3.8, 4) is 5.75 Å². The van der Waals surface area contributed by atoms with Gasteiger partial charge in [0, 0.05) is 24.1 Å². The number of benzene rings is 1. The van der Waals surface area contributed by atoms with Gasteiger partial charge in [-0.05, 0) is 31.7 Å². The smallest absolute Gasteiger partial charge is 0.123 e. The van der Waals surface area contributed by atoms with Gasteiger partial charge in [-0.1, -0.05) is 24.6 Å². The minimum Gasteiger partial charge on any atom is -0.488 e. The number of ether oxygens (including phenoxy) is 2. The molecule has 1 saturated heterocycles. The summed E-state index contributed by atoms with van der Waals surface area (Å²) in [6.45, 7) is 2.30. The Morgan fingerprint density at radius 3 is 2.74 bits per heavy atom. The molecule has 1 aliphatic carbocycles. The summed E-state index contributed by atoms with van der Waals surface area (Å²) in [7, 11) is 0. The zero-order valence-corrected chi connectivity index (χ0v) is 11.4. The molecule has 1 saturated carbocycles. The number of para-hydroxylation sites is 1. The molecular weight excluding hydrogens is 238 g/mol. The molecule has 1 aromatic rings. The Hall–Kier alpha value is -1.06. The first kappa shape index (κ1) is 12.9. The van der Waals surface area contributed by atoms with Gasteiger partial charge in [0.25, 0.3) is 0 Å². The van der Waals surface area contributed by atoms with Crippen molar-refractivity contribution >= 4 is 0 Å². The molecule has 2 fully saturated rings. The SMILES string of the molecule is NCC1(c2ccccc2OC2CCCOC2)CCC1. The van der Waals surface area contributed by atoms with Crippen molar-refractivity contribution in [2.75, 3.05) is 19.8 Å². The second-order valence-corrected chi connectivity index (χ2v) is 5.79. The Morgan fingerprint density at radius 2 is 2.11 bits per heavy atom. The van der Waals surface area contributed by atoms with E-state index < -0.39 is 0 Å². The van der Waals surface area contributed by atoms with Crippen LogP contribution in [0, 0.1) is 0 Å². The Bertz CT molecular complexity index is 417. The van der Waals surface area contributed by atoms with E-state index in [9.17, 15) is 0 Å². The Morgan fingerprint density at radius 1 is 1.26 bits per heavy atom. The molecule has 3 nitrogen and oxygen atoms in total. The first-order valence-electron chi connectivity index (χ1n) is 7.38. The number of hydrogen-bond acceptors (Lipinski definition) is 3. The molecule has 0 bridgehead atoms. The maximum Gasteiger partial charge on any atom is 0.123 e. The third-order valence-corrected chi connectivity index (χ3v) is 4.57. The summed E-state index contributed by atoms with van der Waals surface area (Å²) in [5.41, 5.74) is 7.48. The maximum absolute atomic E-state index is 6.19. The van der Waals surface area contributed by atoms with Crippen LogP contribution in [0.5, 0.6) is 5.75 Å². The van der Waals surface area contributed by atoms with Crippen LogP contribution in [0.3, 0.4) is 0 Å². The molecule has 0 radical (unpaired) electrons. The van der Waals surface area contributed by atoms with Crippen LogP contribution < -0.4 is 10.5 Å². The topological polar surface area (TPSA) is 44.5 Å². The van der Waals surface area contributed by atoms with Crippen molar-refractivity contribution in [2.24, 2.45) is 5.73 Å². The lowest BCUT2D eigenvalue weighted by Crippen LogP contribution is -2.42. The van der Waals surface area contributed by atoms with Gasteiger partial charge < -0.3 is 15.2 Å². The Balaban J connectivity index is 1.80. The van der Waals surface area contributed by atoms with Gasteiger partial charge in [-0.25, -0.2) is 0 Å². The first-order valence-corrected chi connectivity index (χ1v) is 7.38. The molecule has 0 amide bonds. The molecule has 19 heavy (non-hydrogen) atoms. The largest absolute Gasteiger partial charge is 0.488 e. The van der Waals surface area contributed by atoms with Gasteiger partial charge >= 0.3 is 0 Å². The summed E-state index contributed by atoms with van der Waals surface area (Å²) in [4.78, 5) is 0. The highest BCUT2D eigenvalue weighted by atomic mass is 16.5. The summed E-state index contributed by atoms with van der Waals surface area (Å²) in [6.07, 6.45) is 6.03. The number of hydrogen-bond donors (Lipinski definition) is 1. The highest BCUT2D eigenvalue weighted by molar-refractivity contribution is 5.41. The van der Waals surface area contributed by atoms with Crippen molar-refractivity contribution < 1.29 is 9.47 Å². The van der Waals surface area contributed by atoms with Gasteiger partial charge in [-0.15, -0.1) is 0 Å². The lowest BCUT2D eigenvalue weighted by atomic mass is 9.64. The Kier molecular flexibility index (Phi) is 3.76. The van der Waals surface area contributed by atoms with Crippen LogP contribution in [0.15, 0.2) is 24.3 Å². The normalized spacial score (nSPS) is 25.6. The third kappa shape index (κ3) is 2.49. The van der Waals surface area contributed by atoms with E-state index in [4.69, 9.17) is 15.2 Å². The van der Waals surface area contributed by atoms with E-state index in [1.807, 2.05) is 6.07 Å².